The van der Waals surface area contributed by atoms with Crippen molar-refractivity contribution in [2.75, 3.05) is 5.34 Å². The van der Waals surface area contributed by atoms with Crippen molar-refractivity contribution in [3.8, 4) is 56.0 Å². The lowest BCUT2D eigenvalue weighted by molar-refractivity contribution is 0.476. The van der Waals surface area contributed by atoms with Crippen LogP contribution >= 0.6 is 23.2 Å². The third kappa shape index (κ3) is 4.57. The van der Waals surface area contributed by atoms with Gasteiger partial charge in [-0.1, -0.05) is 97.1 Å². The van der Waals surface area contributed by atoms with Gasteiger partial charge >= 0.3 is 0 Å². The van der Waals surface area contributed by atoms with Crippen molar-refractivity contribution >= 4 is 34.0 Å². The molecule has 4 heteroatoms. The molecule has 2 nitrogen and oxygen atoms in total. The molecule has 6 aromatic rings. The van der Waals surface area contributed by atoms with Gasteiger partial charge in [-0.15, -0.1) is 23.2 Å². The predicted octanol–water partition coefficient (Wildman–Crippen LogP) is 10.5. The summed E-state index contributed by atoms with van der Waals surface area (Å²) in [6, 6.07) is 37.3. The minimum absolute atomic E-state index is 0.194. The van der Waals surface area contributed by atoms with E-state index in [1.165, 1.54) is 44.2 Å². The van der Waals surface area contributed by atoms with Gasteiger partial charge in [0.1, 0.15) is 11.5 Å². The number of alkyl halides is 2. The van der Waals surface area contributed by atoms with Gasteiger partial charge in [-0.3, -0.25) is 0 Å². The molecular weight excluding hydrogens is 571 g/mol. The van der Waals surface area contributed by atoms with E-state index in [1.54, 1.807) is 0 Å². The molecule has 0 aliphatic heterocycles. The van der Waals surface area contributed by atoms with E-state index in [4.69, 9.17) is 23.2 Å². The van der Waals surface area contributed by atoms with E-state index < -0.39 is 0 Å². The Bertz CT molecular complexity index is 1840. The lowest BCUT2D eigenvalue weighted by atomic mass is 9.70. The average Bonchev–Trinajstić information content (AvgIpc) is 3.05. The number of phenols is 2. The molecule has 0 atom stereocenters. The van der Waals surface area contributed by atoms with Gasteiger partial charge in [-0.25, -0.2) is 0 Å². The Morgan fingerprint density at radius 3 is 1.19 bits per heavy atom. The minimum atomic E-state index is 0.194. The molecule has 0 unspecified atom stereocenters. The molecule has 2 N–H and O–H groups in total. The fourth-order valence-electron chi connectivity index (χ4n) is 7.22. The molecule has 0 heterocycles. The van der Waals surface area contributed by atoms with Gasteiger partial charge < -0.3 is 10.2 Å². The van der Waals surface area contributed by atoms with E-state index in [-0.39, 0.29) is 5.34 Å². The Labute approximate surface area is 261 Å². The van der Waals surface area contributed by atoms with Crippen LogP contribution in [0.25, 0.3) is 55.3 Å². The number of fused-ring (bicyclic) bond motifs is 10. The number of aryl methyl sites for hydroxylation is 4. The smallest absolute Gasteiger partial charge is 0.124 e. The molecule has 0 bridgehead atoms. The number of rotatable bonds is 2. The predicted molar refractivity (Wildman–Crippen MR) is 180 cm³/mol. The second kappa shape index (κ2) is 11.4. The molecule has 2 aliphatic rings. The molecule has 0 saturated heterocycles. The van der Waals surface area contributed by atoms with Crippen molar-refractivity contribution in [1.82, 2.24) is 0 Å². The average molecular weight is 602 g/mol. The quantitative estimate of drug-likeness (QED) is 0.194. The first-order valence-corrected chi connectivity index (χ1v) is 15.7. The summed E-state index contributed by atoms with van der Waals surface area (Å²) in [5, 5.41) is 25.6. The van der Waals surface area contributed by atoms with Gasteiger partial charge in [-0.05, 0) is 104 Å². The summed E-state index contributed by atoms with van der Waals surface area (Å²) in [6.45, 7) is 0. The van der Waals surface area contributed by atoms with Crippen molar-refractivity contribution in [2.24, 2.45) is 0 Å². The van der Waals surface area contributed by atoms with E-state index in [0.29, 0.717) is 11.5 Å². The van der Waals surface area contributed by atoms with Crippen LogP contribution in [0.2, 0.25) is 0 Å². The van der Waals surface area contributed by atoms with E-state index >= 15 is 0 Å². The fourth-order valence-corrected chi connectivity index (χ4v) is 7.22. The van der Waals surface area contributed by atoms with Gasteiger partial charge in [-0.2, -0.15) is 0 Å². The Balaban J connectivity index is 0.000000963. The van der Waals surface area contributed by atoms with Crippen molar-refractivity contribution in [3.05, 3.63) is 131 Å². The first-order chi connectivity index (χ1) is 21.1. The fraction of sp³-hybridized carbons (Fsp3) is 0.128. The van der Waals surface area contributed by atoms with E-state index in [1.807, 2.05) is 48.5 Å². The topological polar surface area (TPSA) is 40.5 Å². The minimum Gasteiger partial charge on any atom is -0.507 e. The second-order valence-corrected chi connectivity index (χ2v) is 11.9. The highest BCUT2D eigenvalue weighted by Crippen LogP contribution is 2.56. The SMILES string of the molecule is ClCCl.Oc1ccc2c(c1-c1ccccc1)-c1c3c(c4ccccc4c1CC2)CCc1ccc(O)c(-c2ccccc2)c1-3. The molecular formula is C39H30Cl2O2. The van der Waals surface area contributed by atoms with Gasteiger partial charge in [0.05, 0.1) is 5.34 Å². The van der Waals surface area contributed by atoms with Crippen LogP contribution in [0.4, 0.5) is 0 Å². The maximum Gasteiger partial charge on any atom is 0.124 e. The largest absolute Gasteiger partial charge is 0.507 e. The number of phenolic OH excluding ortho intramolecular Hbond substituents is 2. The summed E-state index contributed by atoms with van der Waals surface area (Å²) < 4.78 is 0. The molecule has 0 aromatic heterocycles. The van der Waals surface area contributed by atoms with Gasteiger partial charge in [0.2, 0.25) is 0 Å². The molecule has 0 spiro atoms. The molecule has 0 radical (unpaired) electrons. The number of hydrogen-bond acceptors (Lipinski definition) is 2. The Hall–Kier alpha value is -4.24. The zero-order chi connectivity index (χ0) is 29.5. The molecule has 2 aliphatic carbocycles. The summed E-state index contributed by atoms with van der Waals surface area (Å²) >= 11 is 9.53. The molecule has 43 heavy (non-hydrogen) atoms. The number of benzene rings is 6. The number of hydrogen-bond donors (Lipinski definition) is 2. The lowest BCUT2D eigenvalue weighted by Crippen LogP contribution is -2.14. The third-order valence-corrected chi connectivity index (χ3v) is 8.88. The van der Waals surface area contributed by atoms with Crippen LogP contribution in [0.1, 0.15) is 22.3 Å². The summed E-state index contributed by atoms with van der Waals surface area (Å²) in [6.07, 6.45) is 3.71. The highest BCUT2D eigenvalue weighted by atomic mass is 35.5. The van der Waals surface area contributed by atoms with Crippen LogP contribution in [-0.2, 0) is 25.7 Å². The molecule has 0 saturated carbocycles. The number of halogens is 2. The Kier molecular flexibility index (Phi) is 7.34. The normalized spacial score (nSPS) is 12.8. The van der Waals surface area contributed by atoms with Crippen LogP contribution in [0.3, 0.4) is 0 Å². The van der Waals surface area contributed by atoms with E-state index in [2.05, 4.69) is 60.7 Å². The molecule has 8 rings (SSSR count). The van der Waals surface area contributed by atoms with E-state index in [0.717, 1.165) is 59.1 Å². The van der Waals surface area contributed by atoms with Crippen molar-refractivity contribution in [2.45, 2.75) is 25.7 Å². The highest BCUT2D eigenvalue weighted by molar-refractivity contribution is 6.40. The van der Waals surface area contributed by atoms with Crippen LogP contribution in [-0.4, -0.2) is 15.6 Å². The molecule has 6 aromatic carbocycles. The number of aromatic hydroxyl groups is 2. The highest BCUT2D eigenvalue weighted by Gasteiger charge is 2.33. The summed E-state index contributed by atoms with van der Waals surface area (Å²) in [5.41, 5.74) is 13.7. The standard InChI is InChI=1S/C38H28O2.CH2Cl2/c39-31-21-17-25-15-19-29-27-13-7-8-14-28(27)30-20-16-26-18-22-32(40)34(24-11-5-2-6-12-24)36(26)38(30)37(29)35(25)33(31)23-9-3-1-4-10-23;2-1-3/h1-14,17-18,21-22,39-40H,15-16,19-20H2;1H2. The Morgan fingerprint density at radius 1 is 0.419 bits per heavy atom. The maximum atomic E-state index is 11.4. The van der Waals surface area contributed by atoms with Crippen LogP contribution < -0.4 is 0 Å². The monoisotopic (exact) mass is 600 g/mol. The zero-order valence-electron chi connectivity index (χ0n) is 23.6. The molecule has 0 fully saturated rings. The van der Waals surface area contributed by atoms with Crippen molar-refractivity contribution in [3.63, 3.8) is 0 Å². The van der Waals surface area contributed by atoms with Crippen LogP contribution in [0.15, 0.2) is 109 Å². The van der Waals surface area contributed by atoms with Crippen molar-refractivity contribution in [1.29, 1.82) is 0 Å². The summed E-state index contributed by atoms with van der Waals surface area (Å²) in [4.78, 5) is 0. The first-order valence-electron chi connectivity index (χ1n) is 14.6. The van der Waals surface area contributed by atoms with E-state index in [9.17, 15) is 10.2 Å². The zero-order valence-corrected chi connectivity index (χ0v) is 25.1. The van der Waals surface area contributed by atoms with Crippen LogP contribution in [0.5, 0.6) is 11.5 Å². The third-order valence-electron chi connectivity index (χ3n) is 8.88. The van der Waals surface area contributed by atoms with Gasteiger partial charge in [0, 0.05) is 11.1 Å². The molecule has 0 amide bonds. The molecule has 212 valence electrons. The van der Waals surface area contributed by atoms with Gasteiger partial charge in [0.25, 0.3) is 0 Å². The van der Waals surface area contributed by atoms with Gasteiger partial charge in [0.15, 0.2) is 0 Å². The maximum absolute atomic E-state index is 11.4. The van der Waals surface area contributed by atoms with Crippen molar-refractivity contribution < 1.29 is 10.2 Å². The second-order valence-electron chi connectivity index (χ2n) is 11.1. The first kappa shape index (κ1) is 27.6. The van der Waals surface area contributed by atoms with Crippen LogP contribution in [0, 0.1) is 0 Å². The Morgan fingerprint density at radius 2 is 0.791 bits per heavy atom. The summed E-state index contributed by atoms with van der Waals surface area (Å²) in [7, 11) is 0. The summed E-state index contributed by atoms with van der Waals surface area (Å²) in [5.74, 6) is 0.602. The lowest BCUT2D eigenvalue weighted by Gasteiger charge is -2.33.